The van der Waals surface area contributed by atoms with Crippen molar-refractivity contribution in [1.82, 2.24) is 0 Å². The van der Waals surface area contributed by atoms with Gasteiger partial charge in [0.1, 0.15) is 5.60 Å². The minimum Gasteiger partial charge on any atom is -0.444 e. The van der Waals surface area contributed by atoms with Crippen LogP contribution in [0.5, 0.6) is 0 Å². The predicted molar refractivity (Wildman–Crippen MR) is 68.8 cm³/mol. The maximum absolute atomic E-state index is 13.5. The standard InChI is InChI=1S/C12H14BrF2NO2/c1-12(2,3)18-11(17)16-9-5-7(6-13)4-8(14)10(9)15/h4-5H,6H2,1-3H3,(H,16,17). The van der Waals surface area contributed by atoms with Crippen molar-refractivity contribution in [2.45, 2.75) is 31.7 Å². The lowest BCUT2D eigenvalue weighted by Crippen LogP contribution is -2.27. The van der Waals surface area contributed by atoms with Crippen LogP contribution in [0.25, 0.3) is 0 Å². The zero-order valence-electron chi connectivity index (χ0n) is 10.3. The summed E-state index contributed by atoms with van der Waals surface area (Å²) in [4.78, 5) is 11.5. The molecule has 1 N–H and O–H groups in total. The number of ether oxygens (including phenoxy) is 1. The minimum atomic E-state index is -1.11. The van der Waals surface area contributed by atoms with E-state index in [0.717, 1.165) is 6.07 Å². The normalized spacial score (nSPS) is 11.2. The Balaban J connectivity index is 2.90. The Morgan fingerprint density at radius 1 is 1.39 bits per heavy atom. The van der Waals surface area contributed by atoms with Crippen LogP contribution in [0.4, 0.5) is 19.3 Å². The van der Waals surface area contributed by atoms with E-state index >= 15 is 0 Å². The number of carbonyl (C=O) groups is 1. The molecule has 0 saturated heterocycles. The fraction of sp³-hybridized carbons (Fsp3) is 0.417. The molecule has 0 bridgehead atoms. The molecule has 1 aromatic carbocycles. The van der Waals surface area contributed by atoms with E-state index in [4.69, 9.17) is 4.74 Å². The highest BCUT2D eigenvalue weighted by molar-refractivity contribution is 9.08. The molecule has 6 heteroatoms. The van der Waals surface area contributed by atoms with E-state index in [1.54, 1.807) is 20.8 Å². The summed E-state index contributed by atoms with van der Waals surface area (Å²) < 4.78 is 31.6. The second-order valence-electron chi connectivity index (χ2n) is 4.70. The molecule has 0 heterocycles. The second-order valence-corrected chi connectivity index (χ2v) is 5.26. The van der Waals surface area contributed by atoms with Crippen molar-refractivity contribution in [2.24, 2.45) is 0 Å². The molecule has 1 aromatic rings. The lowest BCUT2D eigenvalue weighted by atomic mass is 10.2. The van der Waals surface area contributed by atoms with Crippen molar-refractivity contribution in [3.63, 3.8) is 0 Å². The van der Waals surface area contributed by atoms with E-state index < -0.39 is 23.3 Å². The average molecular weight is 322 g/mol. The number of hydrogen-bond donors (Lipinski definition) is 1. The monoisotopic (exact) mass is 321 g/mol. The molecule has 0 aliphatic heterocycles. The molecule has 3 nitrogen and oxygen atoms in total. The number of rotatable bonds is 2. The molecule has 18 heavy (non-hydrogen) atoms. The van der Waals surface area contributed by atoms with Gasteiger partial charge in [-0.25, -0.2) is 13.6 Å². The quantitative estimate of drug-likeness (QED) is 0.829. The zero-order chi connectivity index (χ0) is 13.9. The lowest BCUT2D eigenvalue weighted by molar-refractivity contribution is 0.0635. The Kier molecular flexibility index (Phi) is 4.67. The van der Waals surface area contributed by atoms with Gasteiger partial charge in [-0.05, 0) is 38.5 Å². The van der Waals surface area contributed by atoms with Gasteiger partial charge in [0.05, 0.1) is 5.69 Å². The smallest absolute Gasteiger partial charge is 0.412 e. The van der Waals surface area contributed by atoms with E-state index in [-0.39, 0.29) is 5.69 Å². The van der Waals surface area contributed by atoms with Crippen molar-refractivity contribution in [2.75, 3.05) is 5.32 Å². The molecule has 0 saturated carbocycles. The first-order valence-electron chi connectivity index (χ1n) is 5.27. The van der Waals surface area contributed by atoms with Crippen LogP contribution in [0.1, 0.15) is 26.3 Å². The van der Waals surface area contributed by atoms with Gasteiger partial charge in [-0.1, -0.05) is 15.9 Å². The molecule has 0 aliphatic rings. The van der Waals surface area contributed by atoms with Crippen molar-refractivity contribution < 1.29 is 18.3 Å². The molecule has 0 aromatic heterocycles. The van der Waals surface area contributed by atoms with E-state index in [0.29, 0.717) is 10.9 Å². The van der Waals surface area contributed by atoms with Crippen molar-refractivity contribution in [3.05, 3.63) is 29.3 Å². The Bertz CT molecular complexity index is 458. The third-order valence-electron chi connectivity index (χ3n) is 1.88. The maximum Gasteiger partial charge on any atom is 0.412 e. The summed E-state index contributed by atoms with van der Waals surface area (Å²) in [5.41, 5.74) is -0.426. The summed E-state index contributed by atoms with van der Waals surface area (Å²) in [6.45, 7) is 5.04. The van der Waals surface area contributed by atoms with Gasteiger partial charge in [0.25, 0.3) is 0 Å². The number of anilines is 1. The Morgan fingerprint density at radius 3 is 2.50 bits per heavy atom. The van der Waals surface area contributed by atoms with Crippen molar-refractivity contribution >= 4 is 27.7 Å². The molecular weight excluding hydrogens is 308 g/mol. The lowest BCUT2D eigenvalue weighted by Gasteiger charge is -2.20. The fourth-order valence-electron chi connectivity index (χ4n) is 1.23. The third-order valence-corrected chi connectivity index (χ3v) is 2.53. The van der Waals surface area contributed by atoms with Gasteiger partial charge in [-0.2, -0.15) is 0 Å². The molecule has 100 valence electrons. The zero-order valence-corrected chi connectivity index (χ0v) is 11.9. The van der Waals surface area contributed by atoms with Gasteiger partial charge >= 0.3 is 6.09 Å². The average Bonchev–Trinajstić information content (AvgIpc) is 2.21. The number of nitrogens with one attached hydrogen (secondary N) is 1. The first kappa shape index (κ1) is 14.9. The highest BCUT2D eigenvalue weighted by Crippen LogP contribution is 2.22. The van der Waals surface area contributed by atoms with Crippen LogP contribution >= 0.6 is 15.9 Å². The maximum atomic E-state index is 13.5. The Labute approximate surface area is 113 Å². The van der Waals surface area contributed by atoms with E-state index in [1.165, 1.54) is 6.07 Å². The minimum absolute atomic E-state index is 0.237. The SMILES string of the molecule is CC(C)(C)OC(=O)Nc1cc(CBr)cc(F)c1F. The summed E-state index contributed by atoms with van der Waals surface area (Å²) >= 11 is 3.13. The summed E-state index contributed by atoms with van der Waals surface area (Å²) in [5.74, 6) is -2.12. The van der Waals surface area contributed by atoms with Gasteiger partial charge in [0, 0.05) is 5.33 Å². The van der Waals surface area contributed by atoms with Crippen LogP contribution in [0, 0.1) is 11.6 Å². The number of amides is 1. The van der Waals surface area contributed by atoms with Crippen LogP contribution in [-0.2, 0) is 10.1 Å². The molecule has 0 fully saturated rings. The third kappa shape index (κ3) is 4.25. The van der Waals surface area contributed by atoms with E-state index in [1.807, 2.05) is 0 Å². The Hall–Kier alpha value is -1.17. The highest BCUT2D eigenvalue weighted by atomic mass is 79.9. The van der Waals surface area contributed by atoms with Crippen LogP contribution in [-0.4, -0.2) is 11.7 Å². The summed E-state index contributed by atoms with van der Waals surface area (Å²) in [6.07, 6.45) is -0.826. The number of hydrogen-bond acceptors (Lipinski definition) is 2. The first-order chi connectivity index (χ1) is 8.23. The second kappa shape index (κ2) is 5.65. The van der Waals surface area contributed by atoms with Crippen molar-refractivity contribution in [3.8, 4) is 0 Å². The summed E-state index contributed by atoms with van der Waals surface area (Å²) in [5, 5.41) is 2.54. The molecule has 0 atom stereocenters. The molecule has 0 spiro atoms. The molecule has 0 aliphatic carbocycles. The van der Waals surface area contributed by atoms with Crippen LogP contribution in [0.3, 0.4) is 0 Å². The topological polar surface area (TPSA) is 38.3 Å². The van der Waals surface area contributed by atoms with Gasteiger partial charge < -0.3 is 4.74 Å². The number of carbonyl (C=O) groups excluding carboxylic acids is 1. The van der Waals surface area contributed by atoms with Crippen molar-refractivity contribution in [1.29, 1.82) is 0 Å². The van der Waals surface area contributed by atoms with Crippen LogP contribution in [0.2, 0.25) is 0 Å². The Morgan fingerprint density at radius 2 is 2.00 bits per heavy atom. The number of alkyl halides is 1. The van der Waals surface area contributed by atoms with Crippen LogP contribution < -0.4 is 5.32 Å². The van der Waals surface area contributed by atoms with Gasteiger partial charge in [0.15, 0.2) is 11.6 Å². The van der Waals surface area contributed by atoms with Gasteiger partial charge in [0.2, 0.25) is 0 Å². The molecule has 0 unspecified atom stereocenters. The number of halogens is 3. The molecular formula is C12H14BrF2NO2. The molecule has 1 amide bonds. The predicted octanol–water partition coefficient (Wildman–Crippen LogP) is 4.21. The van der Waals surface area contributed by atoms with Gasteiger partial charge in [-0.3, -0.25) is 5.32 Å². The summed E-state index contributed by atoms with van der Waals surface area (Å²) in [6, 6.07) is 2.40. The number of benzene rings is 1. The summed E-state index contributed by atoms with van der Waals surface area (Å²) in [7, 11) is 0. The van der Waals surface area contributed by atoms with Gasteiger partial charge in [-0.15, -0.1) is 0 Å². The molecule has 0 radical (unpaired) electrons. The largest absolute Gasteiger partial charge is 0.444 e. The van der Waals surface area contributed by atoms with Crippen LogP contribution in [0.15, 0.2) is 12.1 Å². The van der Waals surface area contributed by atoms with E-state index in [9.17, 15) is 13.6 Å². The fourth-order valence-corrected chi connectivity index (χ4v) is 1.55. The first-order valence-corrected chi connectivity index (χ1v) is 6.39. The molecule has 1 rings (SSSR count). The van der Waals surface area contributed by atoms with E-state index in [2.05, 4.69) is 21.2 Å². The highest BCUT2D eigenvalue weighted by Gasteiger charge is 2.19.